The summed E-state index contributed by atoms with van der Waals surface area (Å²) in [6.45, 7) is 0. The van der Waals surface area contributed by atoms with E-state index in [0.717, 1.165) is 18.5 Å². The van der Waals surface area contributed by atoms with E-state index in [-0.39, 0.29) is 4.90 Å². The lowest BCUT2D eigenvalue weighted by molar-refractivity contribution is -0.233. The summed E-state index contributed by atoms with van der Waals surface area (Å²) < 4.78 is 36.1. The van der Waals surface area contributed by atoms with Gasteiger partial charge >= 0.3 is 6.30 Å². The minimum atomic E-state index is -4.55. The minimum Gasteiger partial charge on any atom is -0.255 e. The Labute approximate surface area is 66.4 Å². The molecule has 64 valence electrons. The van der Waals surface area contributed by atoms with Gasteiger partial charge in [0.05, 0.1) is 0 Å². The summed E-state index contributed by atoms with van der Waals surface area (Å²) in [5.74, 6) is 0. The maximum atomic E-state index is 12.0. The van der Waals surface area contributed by atoms with Crippen LogP contribution < -0.4 is 0 Å². The second-order valence-electron chi connectivity index (χ2n) is 2.02. The molecule has 0 aromatic heterocycles. The zero-order chi connectivity index (χ0) is 9.19. The van der Waals surface area contributed by atoms with Gasteiger partial charge in [0, 0.05) is 12.4 Å². The molecule has 0 radical (unpaired) electrons. The summed E-state index contributed by atoms with van der Waals surface area (Å²) in [6, 6.07) is 1.42. The molecule has 0 fully saturated rings. The monoisotopic (exact) mass is 175 g/mol. The highest BCUT2D eigenvalue weighted by molar-refractivity contribution is 5.72. The van der Waals surface area contributed by atoms with Crippen molar-refractivity contribution in [3.05, 3.63) is 12.3 Å². The molecule has 0 N–H and O–H groups in total. The number of aliphatic imine (C=N–C) groups is 1. The van der Waals surface area contributed by atoms with E-state index in [2.05, 4.69) is 4.99 Å². The molecule has 0 saturated heterocycles. The zero-order valence-corrected chi connectivity index (χ0v) is 5.78. The van der Waals surface area contributed by atoms with Gasteiger partial charge in [-0.05, 0) is 6.08 Å². The van der Waals surface area contributed by atoms with E-state index in [1.165, 1.54) is 6.07 Å². The number of hydrogen-bond acceptors (Lipinski definition) is 3. The highest BCUT2D eigenvalue weighted by atomic mass is 19.4. The van der Waals surface area contributed by atoms with E-state index < -0.39 is 12.5 Å². The van der Waals surface area contributed by atoms with Crippen molar-refractivity contribution in [1.29, 1.82) is 5.26 Å². The fourth-order valence-electron chi connectivity index (χ4n) is 0.734. The van der Waals surface area contributed by atoms with Gasteiger partial charge in [-0.15, -0.1) is 13.2 Å². The average molecular weight is 175 g/mol. The van der Waals surface area contributed by atoms with E-state index >= 15 is 0 Å². The third-order valence-corrected chi connectivity index (χ3v) is 1.23. The number of nitriles is 1. The molecule has 1 unspecified atom stereocenters. The zero-order valence-electron chi connectivity index (χ0n) is 5.78. The molecule has 0 spiro atoms. The van der Waals surface area contributed by atoms with Crippen LogP contribution in [0, 0.1) is 11.3 Å². The van der Waals surface area contributed by atoms with Crippen LogP contribution in [0.15, 0.2) is 17.3 Å². The predicted molar refractivity (Wildman–Crippen MR) is 34.9 cm³/mol. The molecule has 6 heteroatoms. The summed E-state index contributed by atoms with van der Waals surface area (Å²) in [6.07, 6.45) is -2.97. The number of hydrogen-bond donors (Lipinski definition) is 0. The van der Waals surface area contributed by atoms with Crippen molar-refractivity contribution in [2.75, 3.05) is 0 Å². The van der Waals surface area contributed by atoms with Crippen molar-refractivity contribution < 1.29 is 13.2 Å². The van der Waals surface area contributed by atoms with E-state index in [0.29, 0.717) is 0 Å². The molecule has 12 heavy (non-hydrogen) atoms. The second kappa shape index (κ2) is 2.85. The van der Waals surface area contributed by atoms with Crippen LogP contribution in [0.1, 0.15) is 0 Å². The Balaban J connectivity index is 2.85. The Morgan fingerprint density at radius 2 is 2.17 bits per heavy atom. The summed E-state index contributed by atoms with van der Waals surface area (Å²) in [5.41, 5.74) is 0. The Kier molecular flexibility index (Phi) is 2.04. The first-order chi connectivity index (χ1) is 5.55. The van der Waals surface area contributed by atoms with Crippen molar-refractivity contribution in [1.82, 2.24) is 4.90 Å². The topological polar surface area (TPSA) is 39.4 Å². The van der Waals surface area contributed by atoms with Crippen LogP contribution in [0.3, 0.4) is 0 Å². The van der Waals surface area contributed by atoms with E-state index in [1.807, 2.05) is 0 Å². The molecular formula is C6H4F3N3. The highest BCUT2D eigenvalue weighted by Crippen LogP contribution is 2.25. The van der Waals surface area contributed by atoms with E-state index in [1.54, 1.807) is 0 Å². The predicted octanol–water partition coefficient (Wildman–Crippen LogP) is 1.26. The third-order valence-electron chi connectivity index (χ3n) is 1.23. The van der Waals surface area contributed by atoms with Crippen molar-refractivity contribution in [2.24, 2.45) is 4.99 Å². The van der Waals surface area contributed by atoms with Crippen LogP contribution >= 0.6 is 0 Å². The molecule has 3 nitrogen and oxygen atoms in total. The van der Waals surface area contributed by atoms with Gasteiger partial charge in [0.2, 0.25) is 6.17 Å². The maximum absolute atomic E-state index is 12.0. The van der Waals surface area contributed by atoms with Crippen molar-refractivity contribution >= 4 is 6.21 Å². The molecule has 1 heterocycles. The molecule has 0 saturated carbocycles. The largest absolute Gasteiger partial charge is 0.486 e. The molecule has 0 bridgehead atoms. The quantitative estimate of drug-likeness (QED) is 0.520. The first-order valence-corrected chi connectivity index (χ1v) is 3.00. The lowest BCUT2D eigenvalue weighted by Crippen LogP contribution is -2.41. The SMILES string of the molecule is N#CC1N=CC=CN1C(F)(F)F. The molecular weight excluding hydrogens is 171 g/mol. The van der Waals surface area contributed by atoms with Crippen molar-refractivity contribution in [3.63, 3.8) is 0 Å². The highest BCUT2D eigenvalue weighted by Gasteiger charge is 2.40. The molecule has 1 rings (SSSR count). The summed E-state index contributed by atoms with van der Waals surface area (Å²) in [4.78, 5) is 3.27. The van der Waals surface area contributed by atoms with Crippen LogP contribution in [-0.4, -0.2) is 23.6 Å². The molecule has 0 aromatic rings. The fraction of sp³-hybridized carbons (Fsp3) is 0.333. The first kappa shape index (κ1) is 8.59. The van der Waals surface area contributed by atoms with Gasteiger partial charge in [-0.1, -0.05) is 0 Å². The number of halogens is 3. The molecule has 0 amide bonds. The lowest BCUT2D eigenvalue weighted by atomic mass is 10.4. The lowest BCUT2D eigenvalue weighted by Gasteiger charge is -2.26. The normalized spacial score (nSPS) is 22.5. The van der Waals surface area contributed by atoms with Crippen LogP contribution in [0.4, 0.5) is 13.2 Å². The van der Waals surface area contributed by atoms with Gasteiger partial charge < -0.3 is 0 Å². The van der Waals surface area contributed by atoms with Crippen LogP contribution in [0.25, 0.3) is 0 Å². The van der Waals surface area contributed by atoms with Crippen molar-refractivity contribution in [2.45, 2.75) is 12.5 Å². The summed E-state index contributed by atoms with van der Waals surface area (Å²) >= 11 is 0. The summed E-state index contributed by atoms with van der Waals surface area (Å²) in [7, 11) is 0. The van der Waals surface area contributed by atoms with Gasteiger partial charge in [0.1, 0.15) is 6.07 Å². The fourth-order valence-corrected chi connectivity index (χ4v) is 0.734. The number of nitrogens with zero attached hydrogens (tertiary/aromatic N) is 3. The van der Waals surface area contributed by atoms with Gasteiger partial charge in [-0.2, -0.15) is 5.26 Å². The van der Waals surface area contributed by atoms with Gasteiger partial charge in [0.15, 0.2) is 0 Å². The van der Waals surface area contributed by atoms with Gasteiger partial charge in [-0.25, -0.2) is 0 Å². The second-order valence-corrected chi connectivity index (χ2v) is 2.02. The smallest absolute Gasteiger partial charge is 0.255 e. The van der Waals surface area contributed by atoms with Gasteiger partial charge in [0.25, 0.3) is 0 Å². The first-order valence-electron chi connectivity index (χ1n) is 3.00. The maximum Gasteiger partial charge on any atom is 0.486 e. The van der Waals surface area contributed by atoms with Crippen molar-refractivity contribution in [3.8, 4) is 6.07 Å². The Bertz CT molecular complexity index is 260. The van der Waals surface area contributed by atoms with Gasteiger partial charge in [-0.3, -0.25) is 9.89 Å². The Hall–Kier alpha value is -1.51. The van der Waals surface area contributed by atoms with Crippen LogP contribution in [-0.2, 0) is 0 Å². The molecule has 0 aliphatic carbocycles. The summed E-state index contributed by atoms with van der Waals surface area (Å²) in [5, 5.41) is 8.29. The molecule has 1 aliphatic heterocycles. The van der Waals surface area contributed by atoms with Crippen LogP contribution in [0.2, 0.25) is 0 Å². The number of rotatable bonds is 0. The van der Waals surface area contributed by atoms with E-state index in [4.69, 9.17) is 5.26 Å². The molecule has 1 aliphatic rings. The number of allylic oxidation sites excluding steroid dienone is 1. The van der Waals surface area contributed by atoms with E-state index in [9.17, 15) is 13.2 Å². The average Bonchev–Trinajstić information content (AvgIpc) is 2.03. The Morgan fingerprint density at radius 1 is 1.50 bits per heavy atom. The van der Waals surface area contributed by atoms with Crippen LogP contribution in [0.5, 0.6) is 0 Å². The Morgan fingerprint density at radius 3 is 2.58 bits per heavy atom. The third kappa shape index (κ3) is 1.56. The minimum absolute atomic E-state index is 0.0625. The molecule has 0 aromatic carbocycles. The number of alkyl halides is 3. The standard InChI is InChI=1S/C6H4F3N3/c7-6(8,9)12-3-1-2-11-5(12)4-10/h1-3,5H. The molecule has 1 atom stereocenters.